The fraction of sp³-hybridized carbons (Fsp3) is 0.375. The van der Waals surface area contributed by atoms with Crippen LogP contribution in [0.5, 0.6) is 5.75 Å². The topological polar surface area (TPSA) is 64.4 Å². The first-order chi connectivity index (χ1) is 10.2. The highest BCUT2D eigenvalue weighted by atomic mass is 16.5. The SMILES string of the molecule is CC(C)CCNC(=O)c1noc2c1COc1ccccc1-2. The van der Waals surface area contributed by atoms with Crippen LogP contribution in [-0.4, -0.2) is 17.6 Å². The number of nitrogens with one attached hydrogen (secondary N) is 1. The zero-order chi connectivity index (χ0) is 14.8. The van der Waals surface area contributed by atoms with Gasteiger partial charge in [0, 0.05) is 6.54 Å². The molecule has 0 fully saturated rings. The third-order valence-corrected chi connectivity index (χ3v) is 3.51. The molecule has 0 saturated heterocycles. The second-order valence-electron chi connectivity index (χ2n) is 5.56. The molecule has 1 aromatic carbocycles. The Kier molecular flexibility index (Phi) is 3.64. The molecule has 0 radical (unpaired) electrons. The molecule has 0 saturated carbocycles. The lowest BCUT2D eigenvalue weighted by Crippen LogP contribution is -2.27. The largest absolute Gasteiger partial charge is 0.488 e. The third-order valence-electron chi connectivity index (χ3n) is 3.51. The normalized spacial score (nSPS) is 12.5. The minimum atomic E-state index is -0.205. The summed E-state index contributed by atoms with van der Waals surface area (Å²) in [7, 11) is 0. The number of aromatic nitrogens is 1. The van der Waals surface area contributed by atoms with Crippen molar-refractivity contribution in [2.24, 2.45) is 5.92 Å². The molecule has 2 heterocycles. The summed E-state index contributed by atoms with van der Waals surface area (Å²) in [5.41, 5.74) is 1.88. The Morgan fingerprint density at radius 3 is 3.00 bits per heavy atom. The van der Waals surface area contributed by atoms with E-state index in [9.17, 15) is 4.79 Å². The summed E-state index contributed by atoms with van der Waals surface area (Å²) in [5.74, 6) is 1.73. The van der Waals surface area contributed by atoms with E-state index in [0.29, 0.717) is 30.5 Å². The second-order valence-corrected chi connectivity index (χ2v) is 5.56. The van der Waals surface area contributed by atoms with Gasteiger partial charge in [-0.25, -0.2) is 0 Å². The standard InChI is InChI=1S/C16H18N2O3/c1-10(2)7-8-17-16(19)14-12-9-20-13-6-4-3-5-11(13)15(12)21-18-14/h3-6,10H,7-9H2,1-2H3,(H,17,19). The maximum absolute atomic E-state index is 12.2. The minimum Gasteiger partial charge on any atom is -0.488 e. The molecule has 0 bridgehead atoms. The Morgan fingerprint density at radius 1 is 1.38 bits per heavy atom. The van der Waals surface area contributed by atoms with Crippen LogP contribution in [0.2, 0.25) is 0 Å². The number of hydrogen-bond donors (Lipinski definition) is 1. The van der Waals surface area contributed by atoms with Crippen LogP contribution in [0.4, 0.5) is 0 Å². The van der Waals surface area contributed by atoms with Gasteiger partial charge in [0.15, 0.2) is 11.5 Å². The summed E-state index contributed by atoms with van der Waals surface area (Å²) in [6.45, 7) is 5.18. The zero-order valence-electron chi connectivity index (χ0n) is 12.2. The predicted molar refractivity (Wildman–Crippen MR) is 78.1 cm³/mol. The van der Waals surface area contributed by atoms with E-state index in [-0.39, 0.29) is 5.91 Å². The molecular formula is C16H18N2O3. The van der Waals surface area contributed by atoms with Crippen LogP contribution in [0.15, 0.2) is 28.8 Å². The van der Waals surface area contributed by atoms with Crippen molar-refractivity contribution in [3.63, 3.8) is 0 Å². The summed E-state index contributed by atoms with van der Waals surface area (Å²) in [6.07, 6.45) is 0.936. The Morgan fingerprint density at radius 2 is 2.19 bits per heavy atom. The van der Waals surface area contributed by atoms with E-state index in [1.165, 1.54) is 0 Å². The number of benzene rings is 1. The Bertz CT molecular complexity index is 661. The van der Waals surface area contributed by atoms with Gasteiger partial charge in [-0.15, -0.1) is 0 Å². The molecule has 1 aliphatic rings. The number of hydrogen-bond acceptors (Lipinski definition) is 4. The van der Waals surface area contributed by atoms with Gasteiger partial charge in [-0.2, -0.15) is 0 Å². The lowest BCUT2D eigenvalue weighted by atomic mass is 10.0. The van der Waals surface area contributed by atoms with E-state index in [2.05, 4.69) is 24.3 Å². The lowest BCUT2D eigenvalue weighted by Gasteiger charge is -2.15. The quantitative estimate of drug-likeness (QED) is 0.938. The molecule has 1 aromatic heterocycles. The van der Waals surface area contributed by atoms with Crippen LogP contribution in [0.25, 0.3) is 11.3 Å². The fourth-order valence-corrected chi connectivity index (χ4v) is 2.32. The van der Waals surface area contributed by atoms with Crippen molar-refractivity contribution >= 4 is 5.91 Å². The molecule has 0 aliphatic carbocycles. The van der Waals surface area contributed by atoms with E-state index in [1.807, 2.05) is 24.3 Å². The van der Waals surface area contributed by atoms with Gasteiger partial charge in [0.25, 0.3) is 5.91 Å². The molecule has 0 unspecified atom stereocenters. The summed E-state index contributed by atoms with van der Waals surface area (Å²) >= 11 is 0. The Balaban J connectivity index is 1.81. The summed E-state index contributed by atoms with van der Waals surface area (Å²) in [5, 5.41) is 6.80. The van der Waals surface area contributed by atoms with Crippen LogP contribution in [-0.2, 0) is 6.61 Å². The van der Waals surface area contributed by atoms with Crippen molar-refractivity contribution in [3.8, 4) is 17.1 Å². The van der Waals surface area contributed by atoms with Crippen molar-refractivity contribution in [1.82, 2.24) is 10.5 Å². The number of ether oxygens (including phenoxy) is 1. The number of carbonyl (C=O) groups is 1. The number of rotatable bonds is 4. The van der Waals surface area contributed by atoms with Gasteiger partial charge in [0.1, 0.15) is 12.4 Å². The Hall–Kier alpha value is -2.30. The Labute approximate surface area is 123 Å². The molecular weight excluding hydrogens is 268 g/mol. The van der Waals surface area contributed by atoms with Crippen LogP contribution >= 0.6 is 0 Å². The van der Waals surface area contributed by atoms with Gasteiger partial charge in [-0.3, -0.25) is 4.79 Å². The molecule has 1 aliphatic heterocycles. The molecule has 0 spiro atoms. The second kappa shape index (κ2) is 5.60. The van der Waals surface area contributed by atoms with Gasteiger partial charge < -0.3 is 14.6 Å². The smallest absolute Gasteiger partial charge is 0.273 e. The number of carbonyl (C=O) groups excluding carboxylic acids is 1. The van der Waals surface area contributed by atoms with Gasteiger partial charge in [0.2, 0.25) is 0 Å². The van der Waals surface area contributed by atoms with Crippen LogP contribution in [0.1, 0.15) is 36.3 Å². The number of para-hydroxylation sites is 1. The average molecular weight is 286 g/mol. The summed E-state index contributed by atoms with van der Waals surface area (Å²) in [4.78, 5) is 12.2. The monoisotopic (exact) mass is 286 g/mol. The molecule has 5 heteroatoms. The molecule has 1 N–H and O–H groups in total. The van der Waals surface area contributed by atoms with Gasteiger partial charge in [-0.05, 0) is 24.5 Å². The first-order valence-electron chi connectivity index (χ1n) is 7.15. The highest BCUT2D eigenvalue weighted by Gasteiger charge is 2.28. The minimum absolute atomic E-state index is 0.205. The van der Waals surface area contributed by atoms with Crippen molar-refractivity contribution in [2.75, 3.05) is 6.54 Å². The summed E-state index contributed by atoms with van der Waals surface area (Å²) < 4.78 is 11.0. The van der Waals surface area contributed by atoms with Gasteiger partial charge >= 0.3 is 0 Å². The van der Waals surface area contributed by atoms with Crippen molar-refractivity contribution in [2.45, 2.75) is 26.9 Å². The highest BCUT2D eigenvalue weighted by molar-refractivity contribution is 5.95. The average Bonchev–Trinajstić information content (AvgIpc) is 2.91. The maximum atomic E-state index is 12.2. The molecule has 3 rings (SSSR count). The molecule has 110 valence electrons. The summed E-state index contributed by atoms with van der Waals surface area (Å²) in [6, 6.07) is 7.59. The van der Waals surface area contributed by atoms with E-state index in [4.69, 9.17) is 9.26 Å². The first kappa shape index (κ1) is 13.7. The number of fused-ring (bicyclic) bond motifs is 3. The molecule has 5 nitrogen and oxygen atoms in total. The van der Waals surface area contributed by atoms with E-state index >= 15 is 0 Å². The third kappa shape index (κ3) is 2.63. The van der Waals surface area contributed by atoms with Gasteiger partial charge in [0.05, 0.1) is 11.1 Å². The fourth-order valence-electron chi connectivity index (χ4n) is 2.32. The van der Waals surface area contributed by atoms with E-state index in [0.717, 1.165) is 23.3 Å². The van der Waals surface area contributed by atoms with Crippen LogP contribution < -0.4 is 10.1 Å². The van der Waals surface area contributed by atoms with Crippen LogP contribution in [0.3, 0.4) is 0 Å². The van der Waals surface area contributed by atoms with Crippen molar-refractivity contribution < 1.29 is 14.1 Å². The van der Waals surface area contributed by atoms with Gasteiger partial charge in [-0.1, -0.05) is 31.1 Å². The van der Waals surface area contributed by atoms with Crippen molar-refractivity contribution in [1.29, 1.82) is 0 Å². The number of amides is 1. The maximum Gasteiger partial charge on any atom is 0.273 e. The molecule has 0 atom stereocenters. The van der Waals surface area contributed by atoms with Crippen LogP contribution in [0, 0.1) is 5.92 Å². The first-order valence-corrected chi connectivity index (χ1v) is 7.15. The van der Waals surface area contributed by atoms with E-state index < -0.39 is 0 Å². The zero-order valence-corrected chi connectivity index (χ0v) is 12.2. The number of nitrogens with zero attached hydrogens (tertiary/aromatic N) is 1. The lowest BCUT2D eigenvalue weighted by molar-refractivity contribution is 0.0941. The van der Waals surface area contributed by atoms with Crippen molar-refractivity contribution in [3.05, 3.63) is 35.5 Å². The molecule has 1 amide bonds. The van der Waals surface area contributed by atoms with E-state index in [1.54, 1.807) is 0 Å². The molecule has 2 aromatic rings. The highest BCUT2D eigenvalue weighted by Crippen LogP contribution is 2.38. The molecule has 21 heavy (non-hydrogen) atoms. The predicted octanol–water partition coefficient (Wildman–Crippen LogP) is 3.01.